The minimum absolute atomic E-state index is 0.853. The molecule has 1 nitrogen and oxygen atoms in total. The Kier molecular flexibility index (Phi) is 2.71. The van der Waals surface area contributed by atoms with Crippen LogP contribution in [0.1, 0.15) is 0 Å². The summed E-state index contributed by atoms with van der Waals surface area (Å²) in [7, 11) is 1.14. The van der Waals surface area contributed by atoms with Crippen LogP contribution in [0.5, 0.6) is 0 Å². The Bertz CT molecular complexity index is 542. The molecule has 0 unspecified atom stereocenters. The second-order valence-corrected chi connectivity index (χ2v) is 5.65. The summed E-state index contributed by atoms with van der Waals surface area (Å²) in [5, 5.41) is 8.99. The number of hydrogen-bond acceptors (Lipinski definition) is 3. The number of hydrogen-bond donors (Lipinski definition) is 1. The monoisotopic (exact) mass is 243 g/mol. The van der Waals surface area contributed by atoms with Crippen molar-refractivity contribution in [3.8, 4) is 0 Å². The van der Waals surface area contributed by atoms with Gasteiger partial charge >= 0.3 is 7.48 Å². The lowest BCUT2D eigenvalue weighted by Crippen LogP contribution is -2.13. The Morgan fingerprint density at radius 2 is 1.44 bits per heavy atom. The zero-order valence-electron chi connectivity index (χ0n) is 8.38. The van der Waals surface area contributed by atoms with E-state index in [9.17, 15) is 0 Å². The Balaban J connectivity index is 2.05. The van der Waals surface area contributed by atoms with Gasteiger partial charge in [0.15, 0.2) is 0 Å². The molecule has 0 spiro atoms. The van der Waals surface area contributed by atoms with Gasteiger partial charge in [-0.3, -0.25) is 0 Å². The van der Waals surface area contributed by atoms with E-state index in [1.165, 1.54) is 19.6 Å². The summed E-state index contributed by atoms with van der Waals surface area (Å²) in [6.45, 7) is 0. The second-order valence-electron chi connectivity index (χ2n) is 3.49. The minimum Gasteiger partial charge on any atom is -0.450 e. The predicted molar refractivity (Wildman–Crippen MR) is 68.7 cm³/mol. The summed E-state index contributed by atoms with van der Waals surface area (Å²) in [6, 6.07) is 14.4. The fraction of sp³-hybridized carbons (Fsp3) is 0. The van der Waals surface area contributed by atoms with Crippen molar-refractivity contribution in [2.75, 3.05) is 0 Å². The minimum atomic E-state index is 0.853. The first-order valence-electron chi connectivity index (χ1n) is 4.93. The number of fused-ring (bicyclic) bond motifs is 2. The maximum absolute atomic E-state index is 8.99. The molecule has 1 N–H and O–H groups in total. The predicted octanol–water partition coefficient (Wildman–Crippen LogP) is 2.54. The summed E-state index contributed by atoms with van der Waals surface area (Å²) >= 11 is 3.55. The van der Waals surface area contributed by atoms with Crippen molar-refractivity contribution in [2.24, 2.45) is 0 Å². The molecule has 1 aliphatic heterocycles. The third kappa shape index (κ3) is 1.77. The van der Waals surface area contributed by atoms with Gasteiger partial charge in [-0.05, 0) is 18.2 Å². The van der Waals surface area contributed by atoms with E-state index in [-0.39, 0.29) is 0 Å². The van der Waals surface area contributed by atoms with Gasteiger partial charge in [-0.25, -0.2) is 0 Å². The highest BCUT2D eigenvalue weighted by atomic mass is 32.2. The Hall–Kier alpha value is -0.835. The molecule has 0 amide bonds. The zero-order chi connectivity index (χ0) is 11.0. The van der Waals surface area contributed by atoms with Crippen molar-refractivity contribution in [1.29, 1.82) is 0 Å². The highest BCUT2D eigenvalue weighted by molar-refractivity contribution is 8.05. The summed E-state index contributed by atoms with van der Waals surface area (Å²) in [6.07, 6.45) is 0. The molecule has 0 atom stereocenters. The summed E-state index contributed by atoms with van der Waals surface area (Å²) in [4.78, 5) is 5.07. The van der Waals surface area contributed by atoms with Crippen LogP contribution < -0.4 is 5.46 Å². The average Bonchev–Trinajstić information content (AvgIpc) is 2.35. The second kappa shape index (κ2) is 4.20. The van der Waals surface area contributed by atoms with Gasteiger partial charge in [-0.15, -0.1) is 0 Å². The molecule has 4 heteroatoms. The van der Waals surface area contributed by atoms with Crippen LogP contribution in [0.25, 0.3) is 0 Å². The molecule has 2 aromatic carbocycles. The third-order valence-corrected chi connectivity index (χ3v) is 4.95. The lowest BCUT2D eigenvalue weighted by atomic mass is 9.89. The first-order valence-corrected chi connectivity index (χ1v) is 6.56. The molecule has 3 rings (SSSR count). The molecule has 77 valence electrons. The van der Waals surface area contributed by atoms with E-state index >= 15 is 0 Å². The van der Waals surface area contributed by atoms with Crippen LogP contribution in [-0.2, 0) is 0 Å². The number of rotatable bonds is 1. The Morgan fingerprint density at radius 1 is 0.812 bits per heavy atom. The smallest absolute Gasteiger partial charge is 0.326 e. The molecule has 1 aliphatic rings. The largest absolute Gasteiger partial charge is 0.450 e. The first kappa shape index (κ1) is 10.3. The van der Waals surface area contributed by atoms with Crippen molar-refractivity contribution < 1.29 is 5.02 Å². The fourth-order valence-electron chi connectivity index (χ4n) is 1.62. The molecule has 1 heterocycles. The zero-order valence-corrected chi connectivity index (χ0v) is 10.0. The van der Waals surface area contributed by atoms with Crippen molar-refractivity contribution in [3.63, 3.8) is 0 Å². The van der Waals surface area contributed by atoms with Crippen LogP contribution >= 0.6 is 23.5 Å². The van der Waals surface area contributed by atoms with E-state index in [4.69, 9.17) is 5.02 Å². The van der Waals surface area contributed by atoms with Gasteiger partial charge < -0.3 is 5.02 Å². The molecule has 0 saturated carbocycles. The van der Waals surface area contributed by atoms with Crippen molar-refractivity contribution in [2.45, 2.75) is 19.6 Å². The Morgan fingerprint density at radius 3 is 2.12 bits per heavy atom. The molecule has 0 aliphatic carbocycles. The quantitative estimate of drug-likeness (QED) is 0.663. The number of benzene rings is 2. The summed E-state index contributed by atoms with van der Waals surface area (Å²) in [5.41, 5.74) is 0.853. The van der Waals surface area contributed by atoms with Gasteiger partial charge in [0, 0.05) is 19.6 Å². The van der Waals surface area contributed by atoms with Gasteiger partial charge in [0.05, 0.1) is 0 Å². The lowest BCUT2D eigenvalue weighted by Gasteiger charge is -2.18. The summed E-state index contributed by atoms with van der Waals surface area (Å²) < 4.78 is 0. The molecule has 0 bridgehead atoms. The van der Waals surface area contributed by atoms with Crippen LogP contribution in [0.15, 0.2) is 62.0 Å². The summed E-state index contributed by atoms with van der Waals surface area (Å²) in [5.74, 6) is 0. The van der Waals surface area contributed by atoms with Crippen LogP contribution in [-0.4, -0.2) is 12.5 Å². The molecular weight excluding hydrogens is 235 g/mol. The van der Waals surface area contributed by atoms with Crippen molar-refractivity contribution >= 4 is 36.5 Å². The van der Waals surface area contributed by atoms with Gasteiger partial charge in [0.25, 0.3) is 0 Å². The van der Waals surface area contributed by atoms with Crippen LogP contribution in [0.3, 0.4) is 0 Å². The van der Waals surface area contributed by atoms with E-state index in [1.807, 2.05) is 12.1 Å². The molecule has 16 heavy (non-hydrogen) atoms. The average molecular weight is 243 g/mol. The van der Waals surface area contributed by atoms with Crippen LogP contribution in [0.2, 0.25) is 0 Å². The van der Waals surface area contributed by atoms with Gasteiger partial charge in [0.1, 0.15) is 0 Å². The van der Waals surface area contributed by atoms with Gasteiger partial charge in [0.2, 0.25) is 0 Å². The molecular formula is C12H8BOS2. The van der Waals surface area contributed by atoms with Gasteiger partial charge in [-0.1, -0.05) is 53.3 Å². The van der Waals surface area contributed by atoms with Crippen molar-refractivity contribution in [1.82, 2.24) is 0 Å². The highest BCUT2D eigenvalue weighted by Gasteiger charge is 2.16. The first-order chi connectivity index (χ1) is 7.86. The molecule has 0 saturated heterocycles. The van der Waals surface area contributed by atoms with E-state index in [1.54, 1.807) is 23.5 Å². The molecule has 1 radical (unpaired) electrons. The van der Waals surface area contributed by atoms with Gasteiger partial charge in [-0.2, -0.15) is 0 Å². The molecule has 0 aromatic heterocycles. The molecule has 2 aromatic rings. The maximum atomic E-state index is 8.99. The maximum Gasteiger partial charge on any atom is 0.326 e. The fourth-order valence-corrected chi connectivity index (χ4v) is 3.89. The van der Waals surface area contributed by atoms with E-state index in [2.05, 4.69) is 30.3 Å². The van der Waals surface area contributed by atoms with Crippen LogP contribution in [0, 0.1) is 0 Å². The normalized spacial score (nSPS) is 12.8. The van der Waals surface area contributed by atoms with Crippen molar-refractivity contribution in [3.05, 3.63) is 42.5 Å². The highest BCUT2D eigenvalue weighted by Crippen LogP contribution is 2.47. The molecule has 0 fully saturated rings. The SMILES string of the molecule is O[B]c1ccc2c(c1)Sc1ccccc1S2. The Labute approximate surface area is 104 Å². The van der Waals surface area contributed by atoms with Crippen LogP contribution in [0.4, 0.5) is 0 Å². The van der Waals surface area contributed by atoms with E-state index < -0.39 is 0 Å². The van der Waals surface area contributed by atoms with E-state index in [0.717, 1.165) is 12.9 Å². The van der Waals surface area contributed by atoms with E-state index in [0.29, 0.717) is 0 Å². The lowest BCUT2D eigenvalue weighted by molar-refractivity contribution is 0.615. The third-order valence-electron chi connectivity index (χ3n) is 2.41. The standard InChI is InChI=1S/C12H8BOS2/c14-13-8-5-6-11-12(7-8)16-10-4-2-1-3-9(10)15-11/h1-7,14H. The topological polar surface area (TPSA) is 20.2 Å².